The van der Waals surface area contributed by atoms with Crippen LogP contribution in [0.5, 0.6) is 0 Å². The van der Waals surface area contributed by atoms with E-state index in [-0.39, 0.29) is 18.4 Å². The number of aromatic amines is 1. The van der Waals surface area contributed by atoms with Gasteiger partial charge in [-0.3, -0.25) is 14.6 Å². The molecule has 0 spiro atoms. The molecule has 1 atom stereocenters. The van der Waals surface area contributed by atoms with Gasteiger partial charge in [-0.1, -0.05) is 74.4 Å². The van der Waals surface area contributed by atoms with Gasteiger partial charge in [0.05, 0.1) is 29.9 Å². The number of hydrogen-bond acceptors (Lipinski definition) is 4. The molecule has 0 aliphatic rings. The molecule has 2 N–H and O–H groups in total. The molecule has 198 valence electrons. The number of carbonyl (C=O) groups excluding carboxylic acids is 2. The van der Waals surface area contributed by atoms with Crippen LogP contribution in [-0.2, 0) is 16.0 Å². The second-order valence-electron chi connectivity index (χ2n) is 10.1. The molecule has 0 aliphatic carbocycles. The van der Waals surface area contributed by atoms with Gasteiger partial charge in [0.1, 0.15) is 11.6 Å². The molecule has 5 rings (SSSR count). The number of Topliss-reactive ketones (excluding diaryl/α,β-unsaturated/α-hetero) is 1. The lowest BCUT2D eigenvalue weighted by molar-refractivity contribution is -0.121. The molecule has 0 bridgehead atoms. The van der Waals surface area contributed by atoms with Crippen molar-refractivity contribution in [1.29, 1.82) is 0 Å². The van der Waals surface area contributed by atoms with Crippen molar-refractivity contribution in [3.8, 4) is 11.3 Å². The molecular weight excluding hydrogens is 484 g/mol. The number of benzene rings is 3. The van der Waals surface area contributed by atoms with E-state index in [0.717, 1.165) is 59.2 Å². The fourth-order valence-electron chi connectivity index (χ4n) is 4.96. The van der Waals surface area contributed by atoms with Crippen LogP contribution in [0.15, 0.2) is 85.2 Å². The molecule has 1 amide bonds. The van der Waals surface area contributed by atoms with Crippen molar-refractivity contribution >= 4 is 33.4 Å². The first-order valence-electron chi connectivity index (χ1n) is 13.8. The van der Waals surface area contributed by atoms with Crippen molar-refractivity contribution in [2.45, 2.75) is 57.9 Å². The van der Waals surface area contributed by atoms with Crippen LogP contribution in [0.3, 0.4) is 0 Å². The molecule has 6 heteroatoms. The number of amides is 1. The molecule has 0 unspecified atom stereocenters. The van der Waals surface area contributed by atoms with Crippen molar-refractivity contribution in [2.75, 3.05) is 0 Å². The van der Waals surface area contributed by atoms with E-state index in [1.54, 1.807) is 6.20 Å². The van der Waals surface area contributed by atoms with E-state index in [2.05, 4.69) is 50.6 Å². The average molecular weight is 519 g/mol. The predicted molar refractivity (Wildman–Crippen MR) is 156 cm³/mol. The van der Waals surface area contributed by atoms with E-state index < -0.39 is 0 Å². The summed E-state index contributed by atoms with van der Waals surface area (Å²) >= 11 is 0. The van der Waals surface area contributed by atoms with Crippen LogP contribution in [0.25, 0.3) is 32.9 Å². The highest BCUT2D eigenvalue weighted by Gasteiger charge is 2.19. The Morgan fingerprint density at radius 2 is 1.64 bits per heavy atom. The molecule has 0 fully saturated rings. The van der Waals surface area contributed by atoms with E-state index in [4.69, 9.17) is 0 Å². The Morgan fingerprint density at radius 1 is 0.846 bits per heavy atom. The molecule has 0 saturated heterocycles. The van der Waals surface area contributed by atoms with Gasteiger partial charge in [-0.15, -0.1) is 0 Å². The van der Waals surface area contributed by atoms with Crippen LogP contribution in [0, 0.1) is 0 Å². The van der Waals surface area contributed by atoms with Gasteiger partial charge in [0.25, 0.3) is 0 Å². The second-order valence-corrected chi connectivity index (χ2v) is 10.1. The number of pyridine rings is 1. The minimum Gasteiger partial charge on any atom is -0.346 e. The molecule has 39 heavy (non-hydrogen) atoms. The van der Waals surface area contributed by atoms with Crippen molar-refractivity contribution < 1.29 is 9.59 Å². The Morgan fingerprint density at radius 3 is 2.49 bits per heavy atom. The van der Waals surface area contributed by atoms with E-state index in [1.807, 2.05) is 55.6 Å². The van der Waals surface area contributed by atoms with Gasteiger partial charge in [-0.25, -0.2) is 4.98 Å². The summed E-state index contributed by atoms with van der Waals surface area (Å²) in [5.41, 5.74) is 3.76. The molecule has 0 aliphatic heterocycles. The van der Waals surface area contributed by atoms with E-state index >= 15 is 0 Å². The molecule has 2 aromatic heterocycles. The van der Waals surface area contributed by atoms with E-state index in [9.17, 15) is 9.59 Å². The number of nitrogens with zero attached hydrogens (tertiary/aromatic N) is 2. The zero-order valence-electron chi connectivity index (χ0n) is 22.3. The summed E-state index contributed by atoms with van der Waals surface area (Å²) in [4.78, 5) is 37.5. The van der Waals surface area contributed by atoms with Crippen molar-refractivity contribution in [1.82, 2.24) is 20.3 Å². The minimum absolute atomic E-state index is 0.0677. The van der Waals surface area contributed by atoms with E-state index in [1.165, 1.54) is 10.8 Å². The Bertz CT molecular complexity index is 1590. The van der Waals surface area contributed by atoms with Crippen LogP contribution in [0.2, 0.25) is 0 Å². The van der Waals surface area contributed by atoms with Gasteiger partial charge in [0.2, 0.25) is 5.91 Å². The number of fused-ring (bicyclic) bond motifs is 2. The smallest absolute Gasteiger partial charge is 0.225 e. The largest absolute Gasteiger partial charge is 0.346 e. The monoisotopic (exact) mass is 518 g/mol. The van der Waals surface area contributed by atoms with Crippen LogP contribution in [0.1, 0.15) is 62.9 Å². The first-order chi connectivity index (χ1) is 19.1. The summed E-state index contributed by atoms with van der Waals surface area (Å²) < 4.78 is 0. The highest BCUT2D eigenvalue weighted by molar-refractivity contribution is 5.87. The summed E-state index contributed by atoms with van der Waals surface area (Å²) in [5.74, 6) is 0.976. The third-order valence-electron chi connectivity index (χ3n) is 7.18. The lowest BCUT2D eigenvalue weighted by Crippen LogP contribution is -2.30. The van der Waals surface area contributed by atoms with Crippen molar-refractivity contribution in [3.05, 3.63) is 96.6 Å². The van der Waals surface area contributed by atoms with Gasteiger partial charge in [0.15, 0.2) is 0 Å². The van der Waals surface area contributed by atoms with Gasteiger partial charge < -0.3 is 10.3 Å². The highest BCUT2D eigenvalue weighted by atomic mass is 16.1. The van der Waals surface area contributed by atoms with Gasteiger partial charge in [-0.2, -0.15) is 0 Å². The number of unbranched alkanes of at least 4 members (excludes halogenated alkanes) is 2. The molecule has 0 saturated carbocycles. The number of para-hydroxylation sites is 1. The summed E-state index contributed by atoms with van der Waals surface area (Å²) in [6.07, 6.45) is 8.51. The van der Waals surface area contributed by atoms with Crippen LogP contribution in [-0.4, -0.2) is 26.6 Å². The fraction of sp³-hybridized carbons (Fsp3) is 0.273. The minimum atomic E-state index is -0.248. The number of hydrogen-bond donors (Lipinski definition) is 2. The van der Waals surface area contributed by atoms with Gasteiger partial charge in [0, 0.05) is 30.0 Å². The molecule has 0 radical (unpaired) electrons. The Hall–Kier alpha value is -4.32. The number of ketones is 1. The summed E-state index contributed by atoms with van der Waals surface area (Å²) in [6.45, 7) is 1.91. The molecule has 6 nitrogen and oxygen atoms in total. The lowest BCUT2D eigenvalue weighted by atomic mass is 10.0. The number of imidazole rings is 1. The number of nitrogens with one attached hydrogen (secondary N) is 2. The summed E-state index contributed by atoms with van der Waals surface area (Å²) in [7, 11) is 0. The molecule has 2 heterocycles. The van der Waals surface area contributed by atoms with Crippen LogP contribution in [0.4, 0.5) is 0 Å². The third-order valence-corrected chi connectivity index (χ3v) is 7.18. The molecular formula is C33H34N4O2. The lowest BCUT2D eigenvalue weighted by Gasteiger charge is -2.17. The maximum atomic E-state index is 13.1. The van der Waals surface area contributed by atoms with Crippen molar-refractivity contribution in [3.63, 3.8) is 0 Å². The topological polar surface area (TPSA) is 87.7 Å². The third kappa shape index (κ3) is 6.77. The number of rotatable bonds is 12. The number of H-pyrrole nitrogens is 1. The average Bonchev–Trinajstić information content (AvgIpc) is 3.46. The Kier molecular flexibility index (Phi) is 8.42. The molecule has 3 aromatic carbocycles. The zero-order chi connectivity index (χ0) is 27.0. The Balaban J connectivity index is 1.30. The number of aromatic nitrogens is 3. The zero-order valence-corrected chi connectivity index (χ0v) is 22.3. The van der Waals surface area contributed by atoms with E-state index in [0.29, 0.717) is 18.6 Å². The first-order valence-corrected chi connectivity index (χ1v) is 13.8. The summed E-state index contributed by atoms with van der Waals surface area (Å²) in [5, 5.41) is 6.59. The Labute approximate surface area is 228 Å². The summed E-state index contributed by atoms with van der Waals surface area (Å²) in [6, 6.07) is 24.3. The maximum absolute atomic E-state index is 13.1. The standard InChI is InChI=1S/C33H34N4O2/c1-2-28(38)13-4-3-5-15-30(36-32(39)19-23-18-26-12-8-9-14-29(26)34-21-23)33-35-22-31(37-33)27-17-16-24-10-6-7-11-25(24)20-27/h6-12,14,16-18,20-22,30H,2-5,13,15,19H2,1H3,(H,35,37)(H,36,39)/t30-/m0/s1. The molecule has 5 aromatic rings. The second kappa shape index (κ2) is 12.5. The SMILES string of the molecule is CCC(=O)CCCCC[C@H](NC(=O)Cc1cnc2ccccc2c1)c1ncc(-c2ccc3ccccc3c2)[nH]1. The fourth-order valence-corrected chi connectivity index (χ4v) is 4.96. The normalized spacial score (nSPS) is 12.0. The van der Waals surface area contributed by atoms with Crippen LogP contribution >= 0.6 is 0 Å². The maximum Gasteiger partial charge on any atom is 0.225 e. The quantitative estimate of drug-likeness (QED) is 0.172. The number of carbonyl (C=O) groups is 2. The predicted octanol–water partition coefficient (Wildman–Crippen LogP) is 7.11. The first kappa shape index (κ1) is 26.3. The van der Waals surface area contributed by atoms with Crippen molar-refractivity contribution in [2.24, 2.45) is 0 Å². The van der Waals surface area contributed by atoms with Gasteiger partial charge in [-0.05, 0) is 47.4 Å². The van der Waals surface area contributed by atoms with Gasteiger partial charge >= 0.3 is 0 Å². The van der Waals surface area contributed by atoms with Crippen LogP contribution < -0.4 is 5.32 Å². The highest BCUT2D eigenvalue weighted by Crippen LogP contribution is 2.26.